The van der Waals surface area contributed by atoms with Gasteiger partial charge in [0.15, 0.2) is 0 Å². The normalized spacial score (nSPS) is 9.68. The number of carbonyl (C=O) groups excluding carboxylic acids is 1. The number of benzene rings is 2. The smallest absolute Gasteiger partial charge is 0.282 e. The van der Waals surface area contributed by atoms with Crippen molar-refractivity contribution < 1.29 is 14.5 Å². The van der Waals surface area contributed by atoms with Crippen LogP contribution in [0, 0.1) is 28.9 Å². The Kier molecular flexibility index (Phi) is 6.38. The number of nitro groups is 1. The quantitative estimate of drug-likeness (QED) is 0.504. The van der Waals surface area contributed by atoms with Crippen molar-refractivity contribution in [2.75, 3.05) is 13.2 Å². The molecule has 0 unspecified atom stereocenters. The van der Waals surface area contributed by atoms with Crippen LogP contribution in [0.1, 0.15) is 15.9 Å². The largest absolute Gasteiger partial charge is 0.481 e. The summed E-state index contributed by atoms with van der Waals surface area (Å²) in [6.45, 7) is 2.15. The van der Waals surface area contributed by atoms with Crippen molar-refractivity contribution >= 4 is 23.2 Å². The van der Waals surface area contributed by atoms with Gasteiger partial charge in [-0.15, -0.1) is 0 Å². The molecule has 0 radical (unpaired) electrons. The number of nitro benzene ring substituents is 1. The number of para-hydroxylation sites is 1. The van der Waals surface area contributed by atoms with Gasteiger partial charge in [0.05, 0.1) is 11.5 Å². The Hall–Kier alpha value is -3.04. The van der Waals surface area contributed by atoms with Crippen molar-refractivity contribution in [1.29, 1.82) is 0 Å². The van der Waals surface area contributed by atoms with Crippen LogP contribution in [0.2, 0.25) is 5.02 Å². The number of amides is 1. The standard InChI is InChI=1S/C18H15ClN2O4/c1-13-6-2-3-7-17(13)25-11-5-4-10-20-18(22)15-12-14(19)8-9-16(15)21(23)24/h2-3,6-9,12H,10-11H2,1H3,(H,20,22). The summed E-state index contributed by atoms with van der Waals surface area (Å²) >= 11 is 5.79. The third-order valence-electron chi connectivity index (χ3n) is 3.26. The highest BCUT2D eigenvalue weighted by Gasteiger charge is 2.19. The van der Waals surface area contributed by atoms with Crippen LogP contribution >= 0.6 is 11.6 Å². The third-order valence-corrected chi connectivity index (χ3v) is 3.49. The van der Waals surface area contributed by atoms with E-state index in [4.69, 9.17) is 16.3 Å². The van der Waals surface area contributed by atoms with Crippen LogP contribution in [0.3, 0.4) is 0 Å². The van der Waals surface area contributed by atoms with E-state index in [1.165, 1.54) is 18.2 Å². The molecule has 128 valence electrons. The van der Waals surface area contributed by atoms with Crippen LogP contribution in [0.5, 0.6) is 5.75 Å². The van der Waals surface area contributed by atoms with Crippen LogP contribution in [-0.4, -0.2) is 24.0 Å². The first-order chi connectivity index (χ1) is 12.0. The second kappa shape index (κ2) is 8.71. The minimum atomic E-state index is -0.632. The van der Waals surface area contributed by atoms with Gasteiger partial charge in [0.1, 0.15) is 17.9 Å². The predicted molar refractivity (Wildman–Crippen MR) is 94.9 cm³/mol. The van der Waals surface area contributed by atoms with E-state index >= 15 is 0 Å². The summed E-state index contributed by atoms with van der Waals surface area (Å²) in [5, 5.41) is 13.7. The van der Waals surface area contributed by atoms with Crippen LogP contribution < -0.4 is 10.1 Å². The molecule has 0 aliphatic carbocycles. The van der Waals surface area contributed by atoms with Crippen LogP contribution in [0.4, 0.5) is 5.69 Å². The minimum absolute atomic E-state index is 0.0413. The molecule has 0 spiro atoms. The van der Waals surface area contributed by atoms with E-state index in [9.17, 15) is 14.9 Å². The molecule has 2 aromatic carbocycles. The van der Waals surface area contributed by atoms with Gasteiger partial charge in [0, 0.05) is 11.1 Å². The maximum absolute atomic E-state index is 12.0. The number of aryl methyl sites for hydroxylation is 1. The Labute approximate surface area is 149 Å². The van der Waals surface area contributed by atoms with Crippen molar-refractivity contribution in [1.82, 2.24) is 5.32 Å². The lowest BCUT2D eigenvalue weighted by atomic mass is 10.1. The summed E-state index contributed by atoms with van der Waals surface area (Å²) in [6.07, 6.45) is 0. The molecule has 25 heavy (non-hydrogen) atoms. The Morgan fingerprint density at radius 2 is 2.04 bits per heavy atom. The topological polar surface area (TPSA) is 81.5 Å². The number of ether oxygens (including phenoxy) is 1. The Morgan fingerprint density at radius 3 is 2.76 bits per heavy atom. The number of halogens is 1. The highest BCUT2D eigenvalue weighted by atomic mass is 35.5. The third kappa shape index (κ3) is 5.23. The maximum atomic E-state index is 12.0. The molecule has 1 N–H and O–H groups in total. The zero-order valence-electron chi connectivity index (χ0n) is 13.4. The molecule has 0 aromatic heterocycles. The molecule has 7 heteroatoms. The Balaban J connectivity index is 1.89. The van der Waals surface area contributed by atoms with Gasteiger partial charge in [0.25, 0.3) is 11.6 Å². The van der Waals surface area contributed by atoms with E-state index in [1.807, 2.05) is 31.2 Å². The molecule has 0 saturated carbocycles. The highest BCUT2D eigenvalue weighted by molar-refractivity contribution is 6.31. The molecule has 1 amide bonds. The predicted octanol–water partition coefficient (Wildman–Crippen LogP) is 3.37. The van der Waals surface area contributed by atoms with Crippen LogP contribution in [-0.2, 0) is 0 Å². The lowest BCUT2D eigenvalue weighted by Gasteiger charge is -2.05. The monoisotopic (exact) mass is 358 g/mol. The Morgan fingerprint density at radius 1 is 1.28 bits per heavy atom. The summed E-state index contributed by atoms with van der Waals surface area (Å²) in [4.78, 5) is 22.4. The zero-order valence-corrected chi connectivity index (χ0v) is 14.2. The van der Waals surface area contributed by atoms with Gasteiger partial charge in [-0.05, 0) is 30.7 Å². The zero-order chi connectivity index (χ0) is 18.2. The van der Waals surface area contributed by atoms with Crippen molar-refractivity contribution in [3.05, 3.63) is 68.7 Å². The lowest BCUT2D eigenvalue weighted by molar-refractivity contribution is -0.385. The first-order valence-electron chi connectivity index (χ1n) is 7.35. The molecule has 6 nitrogen and oxygen atoms in total. The van der Waals surface area contributed by atoms with Gasteiger partial charge in [-0.25, -0.2) is 0 Å². The van der Waals surface area contributed by atoms with E-state index in [1.54, 1.807) is 0 Å². The number of nitrogens with zero attached hydrogens (tertiary/aromatic N) is 1. The van der Waals surface area contributed by atoms with Gasteiger partial charge in [-0.1, -0.05) is 41.6 Å². The minimum Gasteiger partial charge on any atom is -0.481 e. The van der Waals surface area contributed by atoms with E-state index < -0.39 is 10.8 Å². The number of hydrogen-bond donors (Lipinski definition) is 1. The second-order valence-electron chi connectivity index (χ2n) is 5.01. The molecular weight excluding hydrogens is 344 g/mol. The van der Waals surface area contributed by atoms with E-state index in [-0.39, 0.29) is 29.4 Å². The number of carbonyl (C=O) groups is 1. The number of hydrogen-bond acceptors (Lipinski definition) is 4. The van der Waals surface area contributed by atoms with Crippen LogP contribution in [0.25, 0.3) is 0 Å². The molecule has 0 atom stereocenters. The summed E-state index contributed by atoms with van der Waals surface area (Å²) < 4.78 is 5.50. The molecule has 0 heterocycles. The fourth-order valence-electron chi connectivity index (χ4n) is 2.01. The molecule has 0 saturated heterocycles. The molecule has 0 fully saturated rings. The first-order valence-corrected chi connectivity index (χ1v) is 7.73. The maximum Gasteiger partial charge on any atom is 0.282 e. The van der Waals surface area contributed by atoms with Crippen molar-refractivity contribution in [3.63, 3.8) is 0 Å². The molecule has 0 bridgehead atoms. The van der Waals surface area contributed by atoms with Crippen LogP contribution in [0.15, 0.2) is 42.5 Å². The fraction of sp³-hybridized carbons (Fsp3) is 0.167. The van der Waals surface area contributed by atoms with Gasteiger partial charge in [0.2, 0.25) is 0 Å². The highest BCUT2D eigenvalue weighted by Crippen LogP contribution is 2.22. The van der Waals surface area contributed by atoms with Gasteiger partial charge in [-0.2, -0.15) is 0 Å². The lowest BCUT2D eigenvalue weighted by Crippen LogP contribution is -2.24. The average Bonchev–Trinajstić information content (AvgIpc) is 2.58. The summed E-state index contributed by atoms with van der Waals surface area (Å²) in [5.74, 6) is 5.64. The summed E-state index contributed by atoms with van der Waals surface area (Å²) in [6, 6.07) is 11.4. The summed E-state index contributed by atoms with van der Waals surface area (Å²) in [7, 11) is 0. The average molecular weight is 359 g/mol. The second-order valence-corrected chi connectivity index (χ2v) is 5.45. The SMILES string of the molecule is Cc1ccccc1OCC#CCNC(=O)c1cc(Cl)ccc1[N+](=O)[O-]. The molecular formula is C18H15ClN2O4. The van der Waals surface area contributed by atoms with Gasteiger partial charge >= 0.3 is 0 Å². The van der Waals surface area contributed by atoms with Crippen molar-refractivity contribution in [2.45, 2.75) is 6.92 Å². The summed E-state index contributed by atoms with van der Waals surface area (Å²) in [5.41, 5.74) is 0.596. The van der Waals surface area contributed by atoms with E-state index in [2.05, 4.69) is 17.2 Å². The Bertz CT molecular complexity index is 856. The van der Waals surface area contributed by atoms with E-state index in [0.717, 1.165) is 11.3 Å². The van der Waals surface area contributed by atoms with Gasteiger partial charge < -0.3 is 10.1 Å². The fourth-order valence-corrected chi connectivity index (χ4v) is 2.19. The molecule has 0 aliphatic rings. The number of nitrogens with one attached hydrogen (secondary N) is 1. The molecule has 2 rings (SSSR count). The van der Waals surface area contributed by atoms with E-state index in [0.29, 0.717) is 0 Å². The van der Waals surface area contributed by atoms with Crippen molar-refractivity contribution in [2.24, 2.45) is 0 Å². The number of rotatable bonds is 5. The van der Waals surface area contributed by atoms with Gasteiger partial charge in [-0.3, -0.25) is 14.9 Å². The molecule has 0 aliphatic heterocycles. The first kappa shape index (κ1) is 18.3. The van der Waals surface area contributed by atoms with Crippen molar-refractivity contribution in [3.8, 4) is 17.6 Å². The molecule has 2 aromatic rings.